The monoisotopic (exact) mass is 286 g/mol. The molecule has 0 unspecified atom stereocenters. The molecule has 1 fully saturated rings. The Labute approximate surface area is 129 Å². The van der Waals surface area contributed by atoms with Crippen molar-refractivity contribution >= 4 is 0 Å². The number of aliphatic hydroxyl groups is 1. The molecular formula is C20H30O. The zero-order valence-corrected chi connectivity index (χ0v) is 14.1. The van der Waals surface area contributed by atoms with Gasteiger partial charge in [0.25, 0.3) is 0 Å². The number of benzene rings is 1. The van der Waals surface area contributed by atoms with Crippen LogP contribution < -0.4 is 0 Å². The van der Waals surface area contributed by atoms with E-state index in [0.717, 1.165) is 0 Å². The van der Waals surface area contributed by atoms with Crippen LogP contribution in [-0.2, 0) is 11.8 Å². The van der Waals surface area contributed by atoms with Crippen LogP contribution in [0.3, 0.4) is 0 Å². The van der Waals surface area contributed by atoms with Crippen molar-refractivity contribution in [2.75, 3.05) is 6.61 Å². The second kappa shape index (κ2) is 5.12. The third-order valence-electron chi connectivity index (χ3n) is 6.53. The van der Waals surface area contributed by atoms with E-state index in [0.29, 0.717) is 18.4 Å². The molecule has 1 aromatic carbocycles. The molecule has 0 saturated heterocycles. The first kappa shape index (κ1) is 15.1. The van der Waals surface area contributed by atoms with Crippen molar-refractivity contribution in [1.82, 2.24) is 0 Å². The predicted octanol–water partition coefficient (Wildman–Crippen LogP) is 4.81. The van der Waals surface area contributed by atoms with E-state index in [1.807, 2.05) is 0 Å². The fourth-order valence-corrected chi connectivity index (χ4v) is 5.19. The molecule has 0 radical (unpaired) electrons. The zero-order valence-electron chi connectivity index (χ0n) is 14.1. The molecule has 0 bridgehead atoms. The highest BCUT2D eigenvalue weighted by atomic mass is 16.3. The van der Waals surface area contributed by atoms with E-state index in [1.54, 1.807) is 11.1 Å². The molecular weight excluding hydrogens is 256 g/mol. The van der Waals surface area contributed by atoms with Gasteiger partial charge in [-0.1, -0.05) is 52.3 Å². The minimum Gasteiger partial charge on any atom is -0.396 e. The molecule has 0 amide bonds. The number of rotatable bonds is 2. The van der Waals surface area contributed by atoms with Crippen LogP contribution in [0.4, 0.5) is 0 Å². The van der Waals surface area contributed by atoms with Gasteiger partial charge in [-0.3, -0.25) is 0 Å². The first-order chi connectivity index (χ1) is 9.90. The van der Waals surface area contributed by atoms with Crippen LogP contribution in [0.5, 0.6) is 0 Å². The topological polar surface area (TPSA) is 20.2 Å². The van der Waals surface area contributed by atoms with Crippen LogP contribution in [0.2, 0.25) is 0 Å². The van der Waals surface area contributed by atoms with Gasteiger partial charge < -0.3 is 5.11 Å². The Morgan fingerprint density at radius 1 is 1.24 bits per heavy atom. The van der Waals surface area contributed by atoms with Gasteiger partial charge in [-0.15, -0.1) is 0 Å². The van der Waals surface area contributed by atoms with Crippen LogP contribution in [0.1, 0.15) is 76.0 Å². The highest BCUT2D eigenvalue weighted by Gasteiger charge is 2.51. The largest absolute Gasteiger partial charge is 0.396 e. The van der Waals surface area contributed by atoms with E-state index >= 15 is 0 Å². The summed E-state index contributed by atoms with van der Waals surface area (Å²) in [6.07, 6.45) is 6.13. The second-order valence-electron chi connectivity index (χ2n) is 8.25. The lowest BCUT2D eigenvalue weighted by Gasteiger charge is -2.55. The van der Waals surface area contributed by atoms with E-state index in [1.165, 1.54) is 37.7 Å². The number of aryl methyl sites for hydroxylation is 1. The van der Waals surface area contributed by atoms with E-state index < -0.39 is 0 Å². The van der Waals surface area contributed by atoms with Crippen LogP contribution in [0.15, 0.2) is 18.2 Å². The summed E-state index contributed by atoms with van der Waals surface area (Å²) in [5.74, 6) is 1.23. The van der Waals surface area contributed by atoms with Crippen LogP contribution in [0, 0.1) is 11.3 Å². The summed E-state index contributed by atoms with van der Waals surface area (Å²) in [7, 11) is 0. The van der Waals surface area contributed by atoms with Gasteiger partial charge in [0.15, 0.2) is 0 Å². The van der Waals surface area contributed by atoms with Gasteiger partial charge in [-0.2, -0.15) is 0 Å². The molecule has 3 atom stereocenters. The third kappa shape index (κ3) is 2.25. The first-order valence-corrected chi connectivity index (χ1v) is 8.65. The van der Waals surface area contributed by atoms with Crippen molar-refractivity contribution in [3.05, 3.63) is 34.9 Å². The molecule has 0 aliphatic heterocycles. The van der Waals surface area contributed by atoms with E-state index in [-0.39, 0.29) is 10.8 Å². The summed E-state index contributed by atoms with van der Waals surface area (Å²) in [5.41, 5.74) is 4.99. The van der Waals surface area contributed by atoms with Crippen molar-refractivity contribution < 1.29 is 5.11 Å². The van der Waals surface area contributed by atoms with Crippen molar-refractivity contribution in [1.29, 1.82) is 0 Å². The average Bonchev–Trinajstić information content (AvgIpc) is 2.46. The summed E-state index contributed by atoms with van der Waals surface area (Å²) < 4.78 is 0. The van der Waals surface area contributed by atoms with E-state index in [2.05, 4.69) is 45.9 Å². The normalized spacial score (nSPS) is 35.4. The summed E-state index contributed by atoms with van der Waals surface area (Å²) in [6, 6.07) is 7.19. The Hall–Kier alpha value is -0.820. The summed E-state index contributed by atoms with van der Waals surface area (Å²) in [4.78, 5) is 0. The Morgan fingerprint density at radius 2 is 2.00 bits per heavy atom. The number of aliphatic hydroxyl groups excluding tert-OH is 1. The van der Waals surface area contributed by atoms with Crippen molar-refractivity contribution in [3.8, 4) is 0 Å². The van der Waals surface area contributed by atoms with Gasteiger partial charge in [0.2, 0.25) is 0 Å². The van der Waals surface area contributed by atoms with E-state index in [9.17, 15) is 5.11 Å². The van der Waals surface area contributed by atoms with Crippen molar-refractivity contribution in [3.63, 3.8) is 0 Å². The Morgan fingerprint density at radius 3 is 2.67 bits per heavy atom. The second-order valence-corrected chi connectivity index (χ2v) is 8.25. The smallest absolute Gasteiger partial charge is 0.0487 e. The van der Waals surface area contributed by atoms with Gasteiger partial charge in [-0.05, 0) is 65.0 Å². The Balaban J connectivity index is 2.05. The lowest BCUT2D eigenvalue weighted by Crippen LogP contribution is -2.50. The van der Waals surface area contributed by atoms with Gasteiger partial charge in [-0.25, -0.2) is 0 Å². The number of hydrogen-bond acceptors (Lipinski definition) is 1. The lowest BCUT2D eigenvalue weighted by molar-refractivity contribution is -0.0179. The standard InChI is InChI=1S/C20H30O/c1-14(2)15-6-8-17-16(12-15)7-9-18-19(3,13-21)10-5-11-20(17,18)4/h6,8,12,14,18,21H,5,7,9-11,13H2,1-4H3/t18-,19+,20+/m1/s1. The minimum atomic E-state index is 0.113. The molecule has 21 heavy (non-hydrogen) atoms. The zero-order chi connectivity index (χ0) is 15.3. The predicted molar refractivity (Wildman–Crippen MR) is 88.7 cm³/mol. The fourth-order valence-electron chi connectivity index (χ4n) is 5.19. The molecule has 1 aromatic rings. The fraction of sp³-hybridized carbons (Fsp3) is 0.700. The van der Waals surface area contributed by atoms with Crippen molar-refractivity contribution in [2.45, 2.75) is 71.1 Å². The van der Waals surface area contributed by atoms with Gasteiger partial charge in [0, 0.05) is 6.61 Å². The van der Waals surface area contributed by atoms with Gasteiger partial charge >= 0.3 is 0 Å². The third-order valence-corrected chi connectivity index (χ3v) is 6.53. The molecule has 1 heteroatoms. The molecule has 0 spiro atoms. The van der Waals surface area contributed by atoms with Crippen LogP contribution in [0.25, 0.3) is 0 Å². The minimum absolute atomic E-state index is 0.113. The average molecular weight is 286 g/mol. The molecule has 2 aliphatic carbocycles. The van der Waals surface area contributed by atoms with Crippen LogP contribution in [-0.4, -0.2) is 11.7 Å². The molecule has 0 heterocycles. The molecule has 0 aromatic heterocycles. The van der Waals surface area contributed by atoms with Crippen molar-refractivity contribution in [2.24, 2.45) is 11.3 Å². The molecule has 3 rings (SSSR count). The maximum absolute atomic E-state index is 9.97. The maximum Gasteiger partial charge on any atom is 0.0487 e. The SMILES string of the molecule is CC(C)c1ccc2c(c1)CC[C@@H]1[C@](C)(CO)CCC[C@@]21C. The Kier molecular flexibility index (Phi) is 3.68. The Bertz CT molecular complexity index is 533. The summed E-state index contributed by atoms with van der Waals surface area (Å²) >= 11 is 0. The highest BCUT2D eigenvalue weighted by Crippen LogP contribution is 2.57. The van der Waals surface area contributed by atoms with Crippen LogP contribution >= 0.6 is 0 Å². The summed E-state index contributed by atoms with van der Waals surface area (Å²) in [6.45, 7) is 9.66. The van der Waals surface area contributed by atoms with Gasteiger partial charge in [0.05, 0.1) is 0 Å². The lowest BCUT2D eigenvalue weighted by atomic mass is 9.50. The van der Waals surface area contributed by atoms with E-state index in [4.69, 9.17) is 0 Å². The molecule has 1 N–H and O–H groups in total. The molecule has 1 nitrogen and oxygen atoms in total. The number of fused-ring (bicyclic) bond motifs is 3. The summed E-state index contributed by atoms with van der Waals surface area (Å²) in [5, 5.41) is 9.97. The quantitative estimate of drug-likeness (QED) is 0.827. The molecule has 2 aliphatic rings. The molecule has 116 valence electrons. The first-order valence-electron chi connectivity index (χ1n) is 8.65. The van der Waals surface area contributed by atoms with Gasteiger partial charge in [0.1, 0.15) is 0 Å². The maximum atomic E-state index is 9.97. The molecule has 1 saturated carbocycles. The highest BCUT2D eigenvalue weighted by molar-refractivity contribution is 5.42. The number of hydrogen-bond donors (Lipinski definition) is 1.